The first kappa shape index (κ1) is 22.6. The lowest BCUT2D eigenvalue weighted by atomic mass is 9.92. The Labute approximate surface area is 186 Å². The number of carbonyl (C=O) groups is 1. The Balaban J connectivity index is 1.87. The molecule has 162 valence electrons. The number of ether oxygens (including phenoxy) is 1. The maximum absolute atomic E-state index is 15.3. The van der Waals surface area contributed by atoms with Gasteiger partial charge in [0.25, 0.3) is 0 Å². The molecular formula is C22H26Cl2FN3O2. The van der Waals surface area contributed by atoms with E-state index >= 15 is 4.39 Å². The van der Waals surface area contributed by atoms with Gasteiger partial charge in [0.1, 0.15) is 11.4 Å². The van der Waals surface area contributed by atoms with Crippen LogP contribution in [0.2, 0.25) is 10.0 Å². The summed E-state index contributed by atoms with van der Waals surface area (Å²) in [5.41, 5.74) is 2.56. The molecule has 30 heavy (non-hydrogen) atoms. The van der Waals surface area contributed by atoms with Crippen molar-refractivity contribution in [3.63, 3.8) is 0 Å². The molecule has 1 amide bonds. The van der Waals surface area contributed by atoms with Gasteiger partial charge in [0.05, 0.1) is 25.0 Å². The zero-order chi connectivity index (χ0) is 22.1. The normalized spacial score (nSPS) is 15.6. The van der Waals surface area contributed by atoms with Crippen LogP contribution in [0.1, 0.15) is 50.4 Å². The van der Waals surface area contributed by atoms with Crippen LogP contribution in [0.15, 0.2) is 30.2 Å². The quantitative estimate of drug-likeness (QED) is 0.559. The van der Waals surface area contributed by atoms with E-state index < -0.39 is 11.7 Å². The number of rotatable bonds is 4. The lowest BCUT2D eigenvalue weighted by Gasteiger charge is -2.25. The first-order chi connectivity index (χ1) is 14.0. The minimum absolute atomic E-state index is 0.156. The van der Waals surface area contributed by atoms with Gasteiger partial charge in [-0.15, -0.1) is 0 Å². The van der Waals surface area contributed by atoms with Gasteiger partial charge >= 0.3 is 6.09 Å². The van der Waals surface area contributed by atoms with Gasteiger partial charge in [0.15, 0.2) is 0 Å². The van der Waals surface area contributed by atoms with E-state index in [4.69, 9.17) is 27.9 Å². The van der Waals surface area contributed by atoms with E-state index in [-0.39, 0.29) is 12.4 Å². The van der Waals surface area contributed by atoms with Crippen LogP contribution >= 0.6 is 23.2 Å². The molecular weight excluding hydrogens is 428 g/mol. The molecule has 0 unspecified atom stereocenters. The van der Waals surface area contributed by atoms with E-state index in [9.17, 15) is 4.79 Å². The Morgan fingerprint density at radius 1 is 1.30 bits per heavy atom. The summed E-state index contributed by atoms with van der Waals surface area (Å²) in [7, 11) is 1.53. The number of hydrogen-bond acceptors (Lipinski definition) is 3. The van der Waals surface area contributed by atoms with E-state index in [0.29, 0.717) is 28.6 Å². The second-order valence-electron chi connectivity index (χ2n) is 8.49. The number of fused-ring (bicyclic) bond motifs is 1. The molecule has 1 aromatic carbocycles. The molecule has 2 aromatic rings. The Kier molecular flexibility index (Phi) is 6.78. The highest BCUT2D eigenvalue weighted by Crippen LogP contribution is 2.35. The molecule has 1 heterocycles. The van der Waals surface area contributed by atoms with Crippen molar-refractivity contribution in [2.75, 3.05) is 13.6 Å². The number of hydrogen-bond donors (Lipinski definition) is 0. The van der Waals surface area contributed by atoms with E-state index in [0.717, 1.165) is 29.7 Å². The largest absolute Gasteiger partial charge is 0.444 e. The molecule has 0 bridgehead atoms. The Morgan fingerprint density at radius 3 is 2.70 bits per heavy atom. The van der Waals surface area contributed by atoms with Gasteiger partial charge in [0, 0.05) is 22.7 Å². The standard InChI is InChI=1S/C22H26Cl2FN3O2/c1-22(2,3)30-21(29)27(4)13-19(25)17-7-5-6-14-11-26-28(20(14)17)12-15-8-9-16(23)10-18(15)24/h8-11H,5-7,12-13H2,1-4H3/b19-17-. The zero-order valence-corrected chi connectivity index (χ0v) is 19.1. The fraction of sp³-hybridized carbons (Fsp3) is 0.455. The Morgan fingerprint density at radius 2 is 2.03 bits per heavy atom. The Bertz CT molecular complexity index is 979. The maximum atomic E-state index is 15.3. The highest BCUT2D eigenvalue weighted by Gasteiger charge is 2.26. The number of aryl methyl sites for hydroxylation is 1. The average molecular weight is 454 g/mol. The molecule has 1 aromatic heterocycles. The molecule has 1 aliphatic rings. The maximum Gasteiger partial charge on any atom is 0.410 e. The third-order valence-corrected chi connectivity index (χ3v) is 5.40. The fourth-order valence-electron chi connectivity index (χ4n) is 3.43. The van der Waals surface area contributed by atoms with Gasteiger partial charge in [-0.25, -0.2) is 9.18 Å². The number of carbonyl (C=O) groups excluding carboxylic acids is 1. The van der Waals surface area contributed by atoms with E-state index in [2.05, 4.69) is 5.10 Å². The van der Waals surface area contributed by atoms with Crippen LogP contribution in [-0.4, -0.2) is 40.0 Å². The van der Waals surface area contributed by atoms with Crippen molar-refractivity contribution in [1.82, 2.24) is 14.7 Å². The second-order valence-corrected chi connectivity index (χ2v) is 9.33. The first-order valence-electron chi connectivity index (χ1n) is 9.86. The number of allylic oxidation sites excluding steroid dienone is 1. The van der Waals surface area contributed by atoms with Crippen molar-refractivity contribution >= 4 is 34.9 Å². The molecule has 8 heteroatoms. The predicted octanol–water partition coefficient (Wildman–Crippen LogP) is 6.12. The van der Waals surface area contributed by atoms with Crippen LogP contribution in [0.4, 0.5) is 9.18 Å². The molecule has 5 nitrogen and oxygen atoms in total. The molecule has 0 spiro atoms. The highest BCUT2D eigenvalue weighted by molar-refractivity contribution is 6.35. The smallest absolute Gasteiger partial charge is 0.410 e. The van der Waals surface area contributed by atoms with Crippen LogP contribution < -0.4 is 0 Å². The van der Waals surface area contributed by atoms with Crippen LogP contribution in [0.3, 0.4) is 0 Å². The van der Waals surface area contributed by atoms with E-state index in [1.165, 1.54) is 11.9 Å². The topological polar surface area (TPSA) is 47.4 Å². The van der Waals surface area contributed by atoms with Gasteiger partial charge < -0.3 is 9.64 Å². The Hall–Kier alpha value is -2.05. The SMILES string of the molecule is CN(C/C(F)=C1\CCCc2cnn(Cc3ccc(Cl)cc3Cl)c21)C(=O)OC(C)(C)C. The van der Waals surface area contributed by atoms with Crippen LogP contribution in [0.25, 0.3) is 5.57 Å². The summed E-state index contributed by atoms with van der Waals surface area (Å²) in [6, 6.07) is 5.30. The number of amides is 1. The molecule has 0 aliphatic heterocycles. The van der Waals surface area contributed by atoms with Gasteiger partial charge in [-0.05, 0) is 63.3 Å². The molecule has 1 aliphatic carbocycles. The summed E-state index contributed by atoms with van der Waals surface area (Å²) in [6.07, 6.45) is 3.47. The summed E-state index contributed by atoms with van der Waals surface area (Å²) in [4.78, 5) is 13.5. The molecule has 0 saturated heterocycles. The number of aromatic nitrogens is 2. The summed E-state index contributed by atoms with van der Waals surface area (Å²) in [6.45, 7) is 5.59. The molecule has 3 rings (SSSR count). The number of nitrogens with zero attached hydrogens (tertiary/aromatic N) is 3. The minimum Gasteiger partial charge on any atom is -0.444 e. The first-order valence-corrected chi connectivity index (χ1v) is 10.6. The minimum atomic E-state index is -0.635. The second kappa shape index (κ2) is 8.98. The molecule has 0 radical (unpaired) electrons. The number of likely N-dealkylation sites (N-methyl/N-ethyl adjacent to an activating group) is 1. The lowest BCUT2D eigenvalue weighted by molar-refractivity contribution is 0.0306. The monoisotopic (exact) mass is 453 g/mol. The molecule has 0 atom stereocenters. The number of benzene rings is 1. The third kappa shape index (κ3) is 5.35. The van der Waals surface area contributed by atoms with Gasteiger partial charge in [-0.2, -0.15) is 5.10 Å². The van der Waals surface area contributed by atoms with Crippen molar-refractivity contribution in [2.45, 2.75) is 52.2 Å². The molecule has 0 saturated carbocycles. The predicted molar refractivity (Wildman–Crippen MR) is 118 cm³/mol. The van der Waals surface area contributed by atoms with Crippen molar-refractivity contribution in [1.29, 1.82) is 0 Å². The summed E-state index contributed by atoms with van der Waals surface area (Å²) in [5, 5.41) is 5.57. The average Bonchev–Trinajstić information content (AvgIpc) is 3.05. The van der Waals surface area contributed by atoms with E-state index in [1.54, 1.807) is 43.8 Å². The summed E-state index contributed by atoms with van der Waals surface area (Å²) >= 11 is 12.3. The van der Waals surface area contributed by atoms with Crippen molar-refractivity contribution in [3.05, 3.63) is 57.1 Å². The van der Waals surface area contributed by atoms with Crippen LogP contribution in [0.5, 0.6) is 0 Å². The summed E-state index contributed by atoms with van der Waals surface area (Å²) in [5.74, 6) is -0.353. The van der Waals surface area contributed by atoms with Crippen molar-refractivity contribution in [3.8, 4) is 0 Å². The van der Waals surface area contributed by atoms with Crippen LogP contribution in [-0.2, 0) is 17.7 Å². The van der Waals surface area contributed by atoms with Gasteiger partial charge in [-0.3, -0.25) is 4.68 Å². The van der Waals surface area contributed by atoms with Gasteiger partial charge in [-0.1, -0.05) is 29.3 Å². The number of halogens is 3. The van der Waals surface area contributed by atoms with Crippen molar-refractivity contribution in [2.24, 2.45) is 0 Å². The molecule has 0 N–H and O–H groups in total. The fourth-order valence-corrected chi connectivity index (χ4v) is 3.90. The van der Waals surface area contributed by atoms with E-state index in [1.807, 2.05) is 6.07 Å². The zero-order valence-electron chi connectivity index (χ0n) is 17.6. The summed E-state index contributed by atoms with van der Waals surface area (Å²) < 4.78 is 22.4. The van der Waals surface area contributed by atoms with Gasteiger partial charge in [0.2, 0.25) is 0 Å². The third-order valence-electron chi connectivity index (χ3n) is 4.82. The lowest BCUT2D eigenvalue weighted by Crippen LogP contribution is -2.35. The van der Waals surface area contributed by atoms with Crippen LogP contribution in [0, 0.1) is 0 Å². The molecule has 0 fully saturated rings. The highest BCUT2D eigenvalue weighted by atomic mass is 35.5. The van der Waals surface area contributed by atoms with Crippen molar-refractivity contribution < 1.29 is 13.9 Å².